The van der Waals surface area contributed by atoms with Crippen LogP contribution in [0, 0.1) is 11.6 Å². The number of hydrogen-bond acceptors (Lipinski definition) is 2. The number of rotatable bonds is 2. The Balaban J connectivity index is 1.97. The molecule has 108 valence electrons. The highest BCUT2D eigenvalue weighted by Crippen LogP contribution is 2.24. The number of anilines is 1. The van der Waals surface area contributed by atoms with Crippen molar-refractivity contribution >= 4 is 11.6 Å². The Labute approximate surface area is 121 Å². The highest BCUT2D eigenvalue weighted by Gasteiger charge is 2.22. The van der Waals surface area contributed by atoms with Crippen molar-refractivity contribution in [3.8, 4) is 0 Å². The minimum Gasteiger partial charge on any atom is -0.307 e. The Morgan fingerprint density at radius 1 is 1.05 bits per heavy atom. The molecule has 2 aromatic rings. The van der Waals surface area contributed by atoms with Gasteiger partial charge in [-0.1, -0.05) is 18.2 Å². The van der Waals surface area contributed by atoms with Gasteiger partial charge in [-0.05, 0) is 29.3 Å². The van der Waals surface area contributed by atoms with E-state index >= 15 is 0 Å². The monoisotopic (exact) mass is 288 g/mol. The summed E-state index contributed by atoms with van der Waals surface area (Å²) < 4.78 is 26.6. The first-order valence-electron chi connectivity index (χ1n) is 6.67. The standard InChI is InChI=1S/C16H14F2N2O/c17-13-5-11(6-14(18)7-13)10-20-15-4-2-1-3-12(15)8-19-9-16(20)21/h1-7,19H,8-10H2. The van der Waals surface area contributed by atoms with E-state index in [1.807, 2.05) is 24.3 Å². The molecule has 21 heavy (non-hydrogen) atoms. The van der Waals surface area contributed by atoms with E-state index in [1.54, 1.807) is 4.90 Å². The molecule has 0 aliphatic carbocycles. The molecule has 0 saturated heterocycles. The molecule has 0 radical (unpaired) electrons. The van der Waals surface area contributed by atoms with Crippen LogP contribution < -0.4 is 10.2 Å². The van der Waals surface area contributed by atoms with Crippen LogP contribution in [-0.4, -0.2) is 12.5 Å². The second kappa shape index (κ2) is 5.61. The Hall–Kier alpha value is -2.27. The summed E-state index contributed by atoms with van der Waals surface area (Å²) in [6.45, 7) is 0.939. The molecule has 1 N–H and O–H groups in total. The predicted molar refractivity (Wildman–Crippen MR) is 75.7 cm³/mol. The number of amides is 1. The number of benzene rings is 2. The second-order valence-corrected chi connectivity index (χ2v) is 4.99. The van der Waals surface area contributed by atoms with E-state index in [9.17, 15) is 13.6 Å². The van der Waals surface area contributed by atoms with Crippen LogP contribution in [0.2, 0.25) is 0 Å². The topological polar surface area (TPSA) is 32.3 Å². The van der Waals surface area contributed by atoms with E-state index in [-0.39, 0.29) is 19.0 Å². The molecule has 5 heteroatoms. The van der Waals surface area contributed by atoms with E-state index in [0.29, 0.717) is 12.1 Å². The summed E-state index contributed by atoms with van der Waals surface area (Å²) in [7, 11) is 0. The van der Waals surface area contributed by atoms with Crippen LogP contribution in [0.5, 0.6) is 0 Å². The van der Waals surface area contributed by atoms with Gasteiger partial charge in [0.1, 0.15) is 11.6 Å². The van der Waals surface area contributed by atoms with Crippen LogP contribution in [0.15, 0.2) is 42.5 Å². The zero-order valence-corrected chi connectivity index (χ0v) is 11.3. The zero-order valence-electron chi connectivity index (χ0n) is 11.3. The van der Waals surface area contributed by atoms with E-state index in [2.05, 4.69) is 5.32 Å². The summed E-state index contributed by atoms with van der Waals surface area (Å²) >= 11 is 0. The first-order chi connectivity index (χ1) is 10.1. The minimum atomic E-state index is -0.640. The summed E-state index contributed by atoms with van der Waals surface area (Å²) in [5.41, 5.74) is 2.19. The van der Waals surface area contributed by atoms with Crippen LogP contribution in [0.1, 0.15) is 11.1 Å². The third-order valence-corrected chi connectivity index (χ3v) is 3.44. The van der Waals surface area contributed by atoms with Crippen LogP contribution in [0.4, 0.5) is 14.5 Å². The SMILES string of the molecule is O=C1CNCc2ccccc2N1Cc1cc(F)cc(F)c1. The number of halogens is 2. The van der Waals surface area contributed by atoms with Crippen molar-refractivity contribution in [1.82, 2.24) is 5.32 Å². The third-order valence-electron chi connectivity index (χ3n) is 3.44. The van der Waals surface area contributed by atoms with Gasteiger partial charge in [0.05, 0.1) is 13.1 Å². The molecule has 1 aliphatic heterocycles. The van der Waals surface area contributed by atoms with Gasteiger partial charge in [-0.25, -0.2) is 8.78 Å². The number of hydrogen-bond donors (Lipinski definition) is 1. The quantitative estimate of drug-likeness (QED) is 0.921. The number of carbonyl (C=O) groups excluding carboxylic acids is 1. The number of para-hydroxylation sites is 1. The van der Waals surface area contributed by atoms with Crippen molar-refractivity contribution in [2.45, 2.75) is 13.1 Å². The number of nitrogens with one attached hydrogen (secondary N) is 1. The summed E-state index contributed by atoms with van der Waals surface area (Å²) in [6, 6.07) is 10.8. The molecule has 1 aliphatic rings. The van der Waals surface area contributed by atoms with Gasteiger partial charge >= 0.3 is 0 Å². The van der Waals surface area contributed by atoms with Gasteiger partial charge in [0.15, 0.2) is 0 Å². The molecule has 1 heterocycles. The fraction of sp³-hybridized carbons (Fsp3) is 0.188. The van der Waals surface area contributed by atoms with E-state index in [0.717, 1.165) is 17.3 Å². The fourth-order valence-corrected chi connectivity index (χ4v) is 2.52. The lowest BCUT2D eigenvalue weighted by Gasteiger charge is -2.22. The highest BCUT2D eigenvalue weighted by molar-refractivity contribution is 5.96. The highest BCUT2D eigenvalue weighted by atomic mass is 19.1. The molecule has 0 fully saturated rings. The Kier molecular flexibility index (Phi) is 3.66. The molecule has 0 atom stereocenters. The third kappa shape index (κ3) is 2.92. The summed E-state index contributed by atoms with van der Waals surface area (Å²) in [5.74, 6) is -1.40. The van der Waals surface area contributed by atoms with Crippen LogP contribution in [0.3, 0.4) is 0 Å². The normalized spacial score (nSPS) is 14.8. The largest absolute Gasteiger partial charge is 0.307 e. The van der Waals surface area contributed by atoms with Crippen molar-refractivity contribution < 1.29 is 13.6 Å². The summed E-state index contributed by atoms with van der Waals surface area (Å²) in [6.07, 6.45) is 0. The van der Waals surface area contributed by atoms with E-state index < -0.39 is 11.6 Å². The van der Waals surface area contributed by atoms with Gasteiger partial charge in [0.2, 0.25) is 5.91 Å². The minimum absolute atomic E-state index is 0.121. The Morgan fingerprint density at radius 2 is 1.76 bits per heavy atom. The Morgan fingerprint density at radius 3 is 2.52 bits per heavy atom. The average Bonchev–Trinajstić information content (AvgIpc) is 2.58. The second-order valence-electron chi connectivity index (χ2n) is 4.99. The Bertz CT molecular complexity index is 667. The average molecular weight is 288 g/mol. The fourth-order valence-electron chi connectivity index (χ4n) is 2.52. The van der Waals surface area contributed by atoms with E-state index in [1.165, 1.54) is 12.1 Å². The van der Waals surface area contributed by atoms with Gasteiger partial charge in [-0.3, -0.25) is 4.79 Å². The lowest BCUT2D eigenvalue weighted by molar-refractivity contribution is -0.117. The molecule has 1 amide bonds. The van der Waals surface area contributed by atoms with Crippen LogP contribution >= 0.6 is 0 Å². The summed E-state index contributed by atoms with van der Waals surface area (Å²) in [4.78, 5) is 13.8. The van der Waals surface area contributed by atoms with Gasteiger partial charge in [-0.2, -0.15) is 0 Å². The molecule has 0 aromatic heterocycles. The van der Waals surface area contributed by atoms with Crippen molar-refractivity contribution in [3.05, 3.63) is 65.2 Å². The van der Waals surface area contributed by atoms with Gasteiger partial charge in [-0.15, -0.1) is 0 Å². The first-order valence-corrected chi connectivity index (χ1v) is 6.67. The van der Waals surface area contributed by atoms with Crippen LogP contribution in [0.25, 0.3) is 0 Å². The maximum atomic E-state index is 13.3. The molecule has 0 spiro atoms. The lowest BCUT2D eigenvalue weighted by Crippen LogP contribution is -2.35. The maximum Gasteiger partial charge on any atom is 0.241 e. The van der Waals surface area contributed by atoms with Gasteiger partial charge < -0.3 is 10.2 Å². The van der Waals surface area contributed by atoms with Crippen molar-refractivity contribution in [1.29, 1.82) is 0 Å². The number of fused-ring (bicyclic) bond motifs is 1. The number of carbonyl (C=O) groups is 1. The van der Waals surface area contributed by atoms with Crippen molar-refractivity contribution in [2.75, 3.05) is 11.4 Å². The smallest absolute Gasteiger partial charge is 0.241 e. The molecule has 3 rings (SSSR count). The predicted octanol–water partition coefficient (Wildman–Crippen LogP) is 2.60. The lowest BCUT2D eigenvalue weighted by atomic mass is 10.1. The van der Waals surface area contributed by atoms with Crippen molar-refractivity contribution in [3.63, 3.8) is 0 Å². The van der Waals surface area contributed by atoms with Gasteiger partial charge in [0.25, 0.3) is 0 Å². The molecule has 0 saturated carbocycles. The van der Waals surface area contributed by atoms with Gasteiger partial charge in [0, 0.05) is 18.3 Å². The van der Waals surface area contributed by atoms with Crippen LogP contribution in [-0.2, 0) is 17.9 Å². The molecule has 3 nitrogen and oxygen atoms in total. The molecular formula is C16H14F2N2O. The first kappa shape index (κ1) is 13.7. The molecular weight excluding hydrogens is 274 g/mol. The summed E-state index contributed by atoms with van der Waals surface area (Å²) in [5, 5.41) is 3.05. The molecule has 2 aromatic carbocycles. The van der Waals surface area contributed by atoms with E-state index in [4.69, 9.17) is 0 Å². The maximum absolute atomic E-state index is 13.3. The molecule has 0 unspecified atom stereocenters. The zero-order chi connectivity index (χ0) is 14.8. The van der Waals surface area contributed by atoms with Crippen molar-refractivity contribution in [2.24, 2.45) is 0 Å². The molecule has 0 bridgehead atoms. The number of nitrogens with zero attached hydrogens (tertiary/aromatic N) is 1.